The largest absolute Gasteiger partial charge is 0.434 e. The van der Waals surface area contributed by atoms with E-state index in [0.717, 1.165) is 12.1 Å². The van der Waals surface area contributed by atoms with Gasteiger partial charge in [0.2, 0.25) is 0 Å². The van der Waals surface area contributed by atoms with Crippen LogP contribution >= 0.6 is 0 Å². The van der Waals surface area contributed by atoms with Crippen LogP contribution in [0, 0.1) is 0 Å². The lowest BCUT2D eigenvalue weighted by molar-refractivity contribution is -0.137. The van der Waals surface area contributed by atoms with Gasteiger partial charge in [-0.1, -0.05) is 0 Å². The molecule has 0 aromatic carbocycles. The van der Waals surface area contributed by atoms with Crippen molar-refractivity contribution in [1.82, 2.24) is 15.3 Å². The molecule has 0 aliphatic carbocycles. The highest BCUT2D eigenvalue weighted by Crippen LogP contribution is 2.45. The molecule has 2 aromatic rings. The van der Waals surface area contributed by atoms with Gasteiger partial charge in [0.1, 0.15) is 11.6 Å². The summed E-state index contributed by atoms with van der Waals surface area (Å²) in [4.78, 5) is 21.7. The third-order valence-corrected chi connectivity index (χ3v) is 5.27. The average Bonchev–Trinajstić information content (AvgIpc) is 2.71. The topological polar surface area (TPSA) is 79.4 Å². The van der Waals surface area contributed by atoms with Gasteiger partial charge in [0.05, 0.1) is 16.8 Å². The number of aromatic nitrogens is 2. The minimum atomic E-state index is -4.68. The lowest BCUT2D eigenvalue weighted by Gasteiger charge is -2.34. The van der Waals surface area contributed by atoms with Crippen LogP contribution in [0.15, 0.2) is 24.4 Å². The summed E-state index contributed by atoms with van der Waals surface area (Å²) in [6, 6.07) is 3.06. The van der Waals surface area contributed by atoms with Gasteiger partial charge in [0.15, 0.2) is 6.10 Å². The zero-order valence-electron chi connectivity index (χ0n) is 17.1. The van der Waals surface area contributed by atoms with Crippen molar-refractivity contribution in [3.05, 3.63) is 35.5 Å². The first-order valence-corrected chi connectivity index (χ1v) is 9.86. The van der Waals surface area contributed by atoms with Gasteiger partial charge < -0.3 is 15.0 Å². The van der Waals surface area contributed by atoms with Crippen LogP contribution in [0.25, 0.3) is 11.3 Å². The van der Waals surface area contributed by atoms with Gasteiger partial charge in [-0.2, -0.15) is 13.2 Å². The van der Waals surface area contributed by atoms with Crippen molar-refractivity contribution >= 4 is 17.7 Å². The second-order valence-corrected chi connectivity index (χ2v) is 7.89. The van der Waals surface area contributed by atoms with Gasteiger partial charge in [0, 0.05) is 44.4 Å². The van der Waals surface area contributed by atoms with Crippen LogP contribution in [0.4, 0.5) is 38.4 Å². The Morgan fingerprint density at radius 3 is 2.62 bits per heavy atom. The summed E-state index contributed by atoms with van der Waals surface area (Å²) in [5, 5.41) is 5.43. The molecule has 0 saturated carbocycles. The van der Waals surface area contributed by atoms with Gasteiger partial charge in [-0.25, -0.2) is 23.5 Å². The minimum absolute atomic E-state index is 0.0305. The highest BCUT2D eigenvalue weighted by atomic mass is 19.4. The standard InChI is InChI=1S/C20H20F5N5O2/c1-10-9-30(6-5-26-10)14-8-11(20(23,24)25)7-13(28-14)12-3-4-27-17-15(12)16(19(2,21)22)32-18(31)29-17/h3-4,7-8,10,16,26H,5-6,9H2,1-2H3,(H,27,29,31)/t10-,16-/m0/s1. The van der Waals surface area contributed by atoms with E-state index in [1.54, 1.807) is 4.90 Å². The first-order valence-electron chi connectivity index (χ1n) is 9.86. The van der Waals surface area contributed by atoms with E-state index in [2.05, 4.69) is 20.6 Å². The third-order valence-electron chi connectivity index (χ3n) is 5.27. The van der Waals surface area contributed by atoms with Crippen molar-refractivity contribution in [2.45, 2.75) is 38.1 Å². The fourth-order valence-electron chi connectivity index (χ4n) is 3.83. The van der Waals surface area contributed by atoms with Crippen molar-refractivity contribution in [3.63, 3.8) is 0 Å². The Bertz CT molecular complexity index is 1040. The molecule has 12 heteroatoms. The Kier molecular flexibility index (Phi) is 5.43. The summed E-state index contributed by atoms with van der Waals surface area (Å²) in [5.41, 5.74) is -1.40. The van der Waals surface area contributed by atoms with Gasteiger partial charge in [-0.15, -0.1) is 0 Å². The molecular weight excluding hydrogens is 437 g/mol. The molecule has 0 bridgehead atoms. The number of amides is 1. The molecule has 4 heterocycles. The Hall–Kier alpha value is -3.02. The lowest BCUT2D eigenvalue weighted by atomic mass is 9.95. The number of cyclic esters (lactones) is 1. The van der Waals surface area contributed by atoms with E-state index in [-0.39, 0.29) is 34.5 Å². The molecule has 4 rings (SSSR count). The van der Waals surface area contributed by atoms with E-state index < -0.39 is 29.9 Å². The normalized spacial score (nSPS) is 21.6. The van der Waals surface area contributed by atoms with Crippen molar-refractivity contribution in [1.29, 1.82) is 0 Å². The maximum Gasteiger partial charge on any atom is 0.416 e. The molecule has 32 heavy (non-hydrogen) atoms. The third kappa shape index (κ3) is 4.31. The van der Waals surface area contributed by atoms with E-state index in [4.69, 9.17) is 4.74 Å². The number of alkyl halides is 5. The predicted octanol–water partition coefficient (Wildman–Crippen LogP) is 4.22. The van der Waals surface area contributed by atoms with Crippen LogP contribution in [0.5, 0.6) is 0 Å². The van der Waals surface area contributed by atoms with Gasteiger partial charge in [0.25, 0.3) is 5.92 Å². The van der Waals surface area contributed by atoms with E-state index in [9.17, 15) is 26.7 Å². The SMILES string of the molecule is C[C@H]1CN(c2cc(C(F)(F)F)cc(-c3ccnc4c3[C@@H](C(C)(F)F)OC(=O)N4)n2)CCN1. The van der Waals surface area contributed by atoms with Crippen LogP contribution in [0.3, 0.4) is 0 Å². The van der Waals surface area contributed by atoms with Crippen LogP contribution in [0.1, 0.15) is 31.1 Å². The maximum atomic E-state index is 14.3. The maximum absolute atomic E-state index is 14.3. The van der Waals surface area contributed by atoms with Crippen LogP contribution in [-0.2, 0) is 10.9 Å². The summed E-state index contributed by atoms with van der Waals surface area (Å²) < 4.78 is 74.4. The summed E-state index contributed by atoms with van der Waals surface area (Å²) in [7, 11) is 0. The number of nitrogens with one attached hydrogen (secondary N) is 2. The number of hydrogen-bond acceptors (Lipinski definition) is 6. The lowest BCUT2D eigenvalue weighted by Crippen LogP contribution is -2.49. The first-order chi connectivity index (χ1) is 14.9. The number of rotatable bonds is 3. The second-order valence-electron chi connectivity index (χ2n) is 7.89. The quantitative estimate of drug-likeness (QED) is 0.672. The molecule has 2 N–H and O–H groups in total. The van der Waals surface area contributed by atoms with Crippen LogP contribution in [0.2, 0.25) is 0 Å². The molecule has 172 valence electrons. The number of halogens is 5. The van der Waals surface area contributed by atoms with E-state index >= 15 is 0 Å². The average molecular weight is 457 g/mol. The number of pyridine rings is 2. The minimum Gasteiger partial charge on any atom is -0.434 e. The van der Waals surface area contributed by atoms with Crippen molar-refractivity contribution in [2.75, 3.05) is 29.9 Å². The fraction of sp³-hybridized carbons (Fsp3) is 0.450. The number of anilines is 2. The molecule has 0 radical (unpaired) electrons. The molecule has 2 aliphatic rings. The molecule has 0 spiro atoms. The molecule has 0 unspecified atom stereocenters. The monoisotopic (exact) mass is 457 g/mol. The van der Waals surface area contributed by atoms with E-state index in [1.165, 1.54) is 12.3 Å². The number of carbonyl (C=O) groups is 1. The Morgan fingerprint density at radius 1 is 1.22 bits per heavy atom. The highest BCUT2D eigenvalue weighted by molar-refractivity contribution is 5.89. The van der Waals surface area contributed by atoms with Gasteiger partial charge >= 0.3 is 12.3 Å². The number of carbonyl (C=O) groups excluding carboxylic acids is 1. The number of ether oxygens (including phenoxy) is 1. The van der Waals surface area contributed by atoms with E-state index in [1.807, 2.05) is 6.92 Å². The smallest absolute Gasteiger partial charge is 0.416 e. The number of nitrogens with zero attached hydrogens (tertiary/aromatic N) is 3. The molecule has 1 saturated heterocycles. The molecule has 2 atom stereocenters. The molecule has 1 fully saturated rings. The fourth-order valence-corrected chi connectivity index (χ4v) is 3.83. The second kappa shape index (κ2) is 7.84. The molecule has 7 nitrogen and oxygen atoms in total. The summed E-state index contributed by atoms with van der Waals surface area (Å²) in [5.74, 6) is -3.64. The predicted molar refractivity (Wildman–Crippen MR) is 106 cm³/mol. The highest BCUT2D eigenvalue weighted by Gasteiger charge is 2.45. The zero-order chi connectivity index (χ0) is 23.3. The summed E-state index contributed by atoms with van der Waals surface area (Å²) in [6.45, 7) is 3.87. The van der Waals surface area contributed by atoms with Crippen LogP contribution < -0.4 is 15.5 Å². The van der Waals surface area contributed by atoms with E-state index in [0.29, 0.717) is 26.6 Å². The molecule has 2 aliphatic heterocycles. The summed E-state index contributed by atoms with van der Waals surface area (Å²) in [6.07, 6.45) is -6.63. The van der Waals surface area contributed by atoms with Crippen molar-refractivity contribution in [2.24, 2.45) is 0 Å². The number of hydrogen-bond donors (Lipinski definition) is 2. The first kappa shape index (κ1) is 22.2. The number of piperazine rings is 1. The van der Waals surface area contributed by atoms with Gasteiger partial charge in [-0.05, 0) is 25.1 Å². The number of fused-ring (bicyclic) bond motifs is 1. The Balaban J connectivity index is 1.90. The Morgan fingerprint density at radius 2 is 1.97 bits per heavy atom. The molecular formula is C20H20F5N5O2. The van der Waals surface area contributed by atoms with Gasteiger partial charge in [-0.3, -0.25) is 5.32 Å². The molecule has 1 amide bonds. The molecule has 2 aromatic heterocycles. The Labute approximate surface area is 180 Å². The van der Waals surface area contributed by atoms with Crippen molar-refractivity contribution < 1.29 is 31.5 Å². The summed E-state index contributed by atoms with van der Waals surface area (Å²) >= 11 is 0. The van der Waals surface area contributed by atoms with Crippen LogP contribution in [-0.4, -0.2) is 47.7 Å². The van der Waals surface area contributed by atoms with Crippen molar-refractivity contribution in [3.8, 4) is 11.3 Å². The zero-order valence-corrected chi connectivity index (χ0v) is 17.1.